The molecule has 0 saturated carbocycles. The number of thiocarbonyl (C=S) groups is 1. The summed E-state index contributed by atoms with van der Waals surface area (Å²) in [6.07, 6.45) is 0. The lowest BCUT2D eigenvalue weighted by molar-refractivity contribution is 0.242. The van der Waals surface area contributed by atoms with E-state index in [0.717, 1.165) is 21.9 Å². The second kappa shape index (κ2) is 7.23. The highest BCUT2D eigenvalue weighted by molar-refractivity contribution is 7.80. The summed E-state index contributed by atoms with van der Waals surface area (Å²) in [7, 11) is 0. The number of hydrogen-bond donors (Lipinski definition) is 2. The van der Waals surface area contributed by atoms with Crippen LogP contribution in [0.2, 0.25) is 0 Å². The Morgan fingerprint density at radius 2 is 1.58 bits per heavy atom. The molecule has 0 radical (unpaired) electrons. The Morgan fingerprint density at radius 3 is 2.38 bits per heavy atom. The molecular weight excluding hydrogens is 316 g/mol. The standard InChI is InChI=1S/C20H18N2OS/c1-14(15-8-3-2-4-9-15)21-20(23)22-19(24)18-13-7-11-16-10-5-6-12-17(16)18/h2-14H,1H3,(H2,21,22,23,24)/t14-/m1/s1. The topological polar surface area (TPSA) is 41.1 Å². The predicted molar refractivity (Wildman–Crippen MR) is 102 cm³/mol. The molecule has 24 heavy (non-hydrogen) atoms. The first kappa shape index (κ1) is 16.1. The summed E-state index contributed by atoms with van der Waals surface area (Å²) in [5, 5.41) is 7.80. The Morgan fingerprint density at radius 1 is 0.917 bits per heavy atom. The highest BCUT2D eigenvalue weighted by atomic mass is 32.1. The van der Waals surface area contributed by atoms with Gasteiger partial charge in [-0.15, -0.1) is 0 Å². The minimum atomic E-state index is -0.302. The van der Waals surface area contributed by atoms with Crippen molar-refractivity contribution >= 4 is 34.0 Å². The number of nitrogens with one attached hydrogen (secondary N) is 2. The molecule has 0 saturated heterocycles. The Bertz CT molecular complexity index is 872. The van der Waals surface area contributed by atoms with Crippen molar-refractivity contribution in [2.24, 2.45) is 0 Å². The number of carbonyl (C=O) groups excluding carboxylic acids is 1. The molecule has 2 amide bonds. The van der Waals surface area contributed by atoms with E-state index in [-0.39, 0.29) is 12.1 Å². The lowest BCUT2D eigenvalue weighted by atomic mass is 10.0. The molecule has 3 rings (SSSR count). The fourth-order valence-electron chi connectivity index (χ4n) is 2.65. The largest absolute Gasteiger partial charge is 0.331 e. The van der Waals surface area contributed by atoms with E-state index in [1.54, 1.807) is 0 Å². The average Bonchev–Trinajstić information content (AvgIpc) is 2.61. The molecule has 3 aromatic rings. The summed E-state index contributed by atoms with van der Waals surface area (Å²) >= 11 is 5.42. The van der Waals surface area contributed by atoms with E-state index in [4.69, 9.17) is 12.2 Å². The highest BCUT2D eigenvalue weighted by Crippen LogP contribution is 2.19. The lowest BCUT2D eigenvalue weighted by Gasteiger charge is -2.16. The van der Waals surface area contributed by atoms with Gasteiger partial charge >= 0.3 is 6.03 Å². The molecule has 120 valence electrons. The van der Waals surface area contributed by atoms with Crippen LogP contribution < -0.4 is 10.6 Å². The van der Waals surface area contributed by atoms with Gasteiger partial charge in [-0.1, -0.05) is 85.0 Å². The van der Waals surface area contributed by atoms with Crippen molar-refractivity contribution in [2.45, 2.75) is 13.0 Å². The van der Waals surface area contributed by atoms with Crippen LogP contribution in [0.15, 0.2) is 72.8 Å². The van der Waals surface area contributed by atoms with Gasteiger partial charge in [-0.2, -0.15) is 0 Å². The number of hydrogen-bond acceptors (Lipinski definition) is 2. The molecular formula is C20H18N2OS. The average molecular weight is 334 g/mol. The van der Waals surface area contributed by atoms with Crippen LogP contribution in [0.5, 0.6) is 0 Å². The molecule has 0 heterocycles. The summed E-state index contributed by atoms with van der Waals surface area (Å²) in [6.45, 7) is 1.94. The van der Waals surface area contributed by atoms with Crippen molar-refractivity contribution in [3.8, 4) is 0 Å². The predicted octanol–water partition coefficient (Wildman–Crippen LogP) is 4.58. The molecule has 3 aromatic carbocycles. The number of carbonyl (C=O) groups is 1. The maximum absolute atomic E-state index is 12.2. The summed E-state index contributed by atoms with van der Waals surface area (Å²) in [4.78, 5) is 12.7. The van der Waals surface area contributed by atoms with Crippen LogP contribution in [0, 0.1) is 0 Å². The SMILES string of the molecule is C[C@@H](NC(=O)NC(=S)c1cccc2ccccc12)c1ccccc1. The molecule has 4 heteroatoms. The number of urea groups is 1. The van der Waals surface area contributed by atoms with Crippen LogP contribution in [-0.2, 0) is 0 Å². The quantitative estimate of drug-likeness (QED) is 0.689. The maximum Gasteiger partial charge on any atom is 0.320 e. The number of benzene rings is 3. The van der Waals surface area contributed by atoms with E-state index in [0.29, 0.717) is 4.99 Å². The van der Waals surface area contributed by atoms with Gasteiger partial charge in [-0.25, -0.2) is 4.79 Å². The van der Waals surface area contributed by atoms with E-state index in [9.17, 15) is 4.79 Å². The van der Waals surface area contributed by atoms with Gasteiger partial charge in [0, 0.05) is 5.56 Å². The fraction of sp³-hybridized carbons (Fsp3) is 0.100. The number of amides is 2. The van der Waals surface area contributed by atoms with Crippen LogP contribution in [0.3, 0.4) is 0 Å². The summed E-state index contributed by atoms with van der Waals surface area (Å²) in [5.74, 6) is 0. The minimum absolute atomic E-state index is 0.0958. The third-order valence-corrected chi connectivity index (χ3v) is 4.23. The van der Waals surface area contributed by atoms with E-state index >= 15 is 0 Å². The van der Waals surface area contributed by atoms with Gasteiger partial charge in [0.05, 0.1) is 6.04 Å². The Balaban J connectivity index is 1.71. The monoisotopic (exact) mass is 334 g/mol. The zero-order valence-corrected chi connectivity index (χ0v) is 14.1. The van der Waals surface area contributed by atoms with Crippen LogP contribution in [0.25, 0.3) is 10.8 Å². The van der Waals surface area contributed by atoms with Gasteiger partial charge in [0.1, 0.15) is 4.99 Å². The zero-order chi connectivity index (χ0) is 16.9. The first-order valence-electron chi connectivity index (χ1n) is 7.79. The second-order valence-corrected chi connectivity index (χ2v) is 5.99. The van der Waals surface area contributed by atoms with Crippen LogP contribution in [0.1, 0.15) is 24.1 Å². The number of fused-ring (bicyclic) bond motifs is 1. The van der Waals surface area contributed by atoms with Crippen molar-refractivity contribution in [1.29, 1.82) is 0 Å². The summed E-state index contributed by atoms with van der Waals surface area (Å²) in [6, 6.07) is 23.3. The molecule has 0 spiro atoms. The van der Waals surface area contributed by atoms with E-state index in [1.165, 1.54) is 0 Å². The summed E-state index contributed by atoms with van der Waals surface area (Å²) < 4.78 is 0. The Labute approximate surface area is 146 Å². The molecule has 2 N–H and O–H groups in total. The van der Waals surface area contributed by atoms with Crippen molar-refractivity contribution < 1.29 is 4.79 Å². The molecule has 0 fully saturated rings. The normalized spacial score (nSPS) is 11.7. The Kier molecular flexibility index (Phi) is 4.87. The molecule has 0 aliphatic heterocycles. The van der Waals surface area contributed by atoms with Crippen LogP contribution >= 0.6 is 12.2 Å². The van der Waals surface area contributed by atoms with E-state index in [2.05, 4.69) is 10.6 Å². The second-order valence-electron chi connectivity index (χ2n) is 5.59. The smallest absolute Gasteiger partial charge is 0.320 e. The van der Waals surface area contributed by atoms with Crippen molar-refractivity contribution in [3.63, 3.8) is 0 Å². The van der Waals surface area contributed by atoms with Gasteiger partial charge in [0.2, 0.25) is 0 Å². The van der Waals surface area contributed by atoms with Gasteiger partial charge in [0.25, 0.3) is 0 Å². The first-order valence-corrected chi connectivity index (χ1v) is 8.20. The summed E-state index contributed by atoms with van der Waals surface area (Å²) in [5.41, 5.74) is 1.90. The fourth-order valence-corrected chi connectivity index (χ4v) is 2.92. The van der Waals surface area contributed by atoms with Gasteiger partial charge in [0.15, 0.2) is 0 Å². The van der Waals surface area contributed by atoms with Gasteiger partial charge in [-0.05, 0) is 23.3 Å². The minimum Gasteiger partial charge on any atom is -0.331 e. The molecule has 0 aromatic heterocycles. The molecule has 0 bridgehead atoms. The van der Waals surface area contributed by atoms with Crippen molar-refractivity contribution in [3.05, 3.63) is 83.9 Å². The van der Waals surface area contributed by atoms with Crippen molar-refractivity contribution in [2.75, 3.05) is 0 Å². The molecule has 1 atom stereocenters. The molecule has 0 aliphatic rings. The third kappa shape index (κ3) is 3.60. The lowest BCUT2D eigenvalue weighted by Crippen LogP contribution is -2.40. The van der Waals surface area contributed by atoms with E-state index in [1.807, 2.05) is 79.7 Å². The van der Waals surface area contributed by atoms with Gasteiger partial charge < -0.3 is 5.32 Å². The van der Waals surface area contributed by atoms with E-state index < -0.39 is 0 Å². The first-order chi connectivity index (χ1) is 11.6. The van der Waals surface area contributed by atoms with Crippen molar-refractivity contribution in [1.82, 2.24) is 10.6 Å². The van der Waals surface area contributed by atoms with Crippen LogP contribution in [0.4, 0.5) is 4.79 Å². The Hall–Kier alpha value is -2.72. The van der Waals surface area contributed by atoms with Crippen LogP contribution in [-0.4, -0.2) is 11.0 Å². The third-order valence-electron chi connectivity index (χ3n) is 3.91. The molecule has 3 nitrogen and oxygen atoms in total. The zero-order valence-electron chi connectivity index (χ0n) is 13.3. The van der Waals surface area contributed by atoms with Gasteiger partial charge in [-0.3, -0.25) is 5.32 Å². The molecule has 0 unspecified atom stereocenters. The highest BCUT2D eigenvalue weighted by Gasteiger charge is 2.12. The molecule has 0 aliphatic carbocycles. The maximum atomic E-state index is 12.2. The number of rotatable bonds is 3.